The first-order chi connectivity index (χ1) is 19.1. The maximum absolute atomic E-state index is 12.3. The minimum atomic E-state index is -0.640. The van der Waals surface area contributed by atoms with Crippen LogP contribution < -0.4 is 11.1 Å². The molecule has 0 aromatic heterocycles. The van der Waals surface area contributed by atoms with Gasteiger partial charge in [-0.05, 0) is 72.4 Å². The van der Waals surface area contributed by atoms with Crippen molar-refractivity contribution in [3.05, 3.63) is 35.4 Å². The van der Waals surface area contributed by atoms with Crippen LogP contribution in [0.5, 0.6) is 0 Å². The SMILES string of the molecule is C[C@@H](OCc1cccc(CCOCCOCCOCC(=O)OC(C)(C)C)c1)[C@H](CCC(N)=O)NC(=O)OC(C)(C)C. The van der Waals surface area contributed by atoms with Gasteiger partial charge in [0, 0.05) is 6.42 Å². The largest absolute Gasteiger partial charge is 0.458 e. The molecule has 0 aliphatic rings. The van der Waals surface area contributed by atoms with E-state index in [4.69, 9.17) is 34.2 Å². The summed E-state index contributed by atoms with van der Waals surface area (Å²) in [5.74, 6) is -0.843. The number of primary amides is 1. The van der Waals surface area contributed by atoms with E-state index < -0.39 is 35.2 Å². The van der Waals surface area contributed by atoms with Crippen molar-refractivity contribution in [1.29, 1.82) is 0 Å². The molecule has 0 radical (unpaired) electrons. The van der Waals surface area contributed by atoms with Gasteiger partial charge >= 0.3 is 12.1 Å². The number of carbonyl (C=O) groups is 3. The predicted molar refractivity (Wildman–Crippen MR) is 154 cm³/mol. The third-order valence-electron chi connectivity index (χ3n) is 5.39. The lowest BCUT2D eigenvalue weighted by Crippen LogP contribution is -2.45. The Bertz CT molecular complexity index is 925. The van der Waals surface area contributed by atoms with Crippen LogP contribution in [0, 0.1) is 0 Å². The number of amides is 2. The molecule has 0 spiro atoms. The summed E-state index contributed by atoms with van der Waals surface area (Å²) in [6.07, 6.45) is 0.244. The molecule has 1 aromatic rings. The molecule has 1 rings (SSSR count). The fourth-order valence-corrected chi connectivity index (χ4v) is 3.56. The monoisotopic (exact) mass is 582 g/mol. The minimum absolute atomic E-state index is 0.0982. The van der Waals surface area contributed by atoms with Crippen molar-refractivity contribution >= 4 is 18.0 Å². The molecule has 0 fully saturated rings. The zero-order valence-corrected chi connectivity index (χ0v) is 25.8. The molecule has 2 amide bonds. The van der Waals surface area contributed by atoms with Crippen molar-refractivity contribution in [2.24, 2.45) is 5.73 Å². The molecule has 41 heavy (non-hydrogen) atoms. The summed E-state index contributed by atoms with van der Waals surface area (Å²) in [5, 5.41) is 2.80. The summed E-state index contributed by atoms with van der Waals surface area (Å²) < 4.78 is 32.9. The Morgan fingerprint density at radius 3 is 2.05 bits per heavy atom. The molecule has 11 nitrogen and oxygen atoms in total. The van der Waals surface area contributed by atoms with E-state index in [0.29, 0.717) is 46.1 Å². The van der Waals surface area contributed by atoms with Crippen LogP contribution in [0.15, 0.2) is 24.3 Å². The number of esters is 1. The molecular weight excluding hydrogens is 532 g/mol. The van der Waals surface area contributed by atoms with Crippen molar-refractivity contribution in [2.75, 3.05) is 39.6 Å². The van der Waals surface area contributed by atoms with Crippen molar-refractivity contribution in [3.63, 3.8) is 0 Å². The summed E-state index contributed by atoms with van der Waals surface area (Å²) in [6, 6.07) is 7.56. The second-order valence-corrected chi connectivity index (χ2v) is 11.7. The lowest BCUT2D eigenvalue weighted by atomic mass is 10.1. The number of ether oxygens (including phenoxy) is 6. The fourth-order valence-electron chi connectivity index (χ4n) is 3.56. The molecule has 0 saturated carbocycles. The van der Waals surface area contributed by atoms with Gasteiger partial charge in [-0.1, -0.05) is 24.3 Å². The van der Waals surface area contributed by atoms with Crippen LogP contribution in [-0.4, -0.2) is 81.0 Å². The van der Waals surface area contributed by atoms with E-state index >= 15 is 0 Å². The summed E-state index contributed by atoms with van der Waals surface area (Å²) in [5.41, 5.74) is 6.23. The molecule has 1 aromatic carbocycles. The Hall–Kier alpha value is -2.73. The highest BCUT2D eigenvalue weighted by molar-refractivity contribution is 5.74. The Labute approximate surface area is 244 Å². The molecular formula is C30H50N2O9. The smallest absolute Gasteiger partial charge is 0.407 e. The molecule has 3 N–H and O–H groups in total. The van der Waals surface area contributed by atoms with Crippen LogP contribution in [0.2, 0.25) is 0 Å². The predicted octanol–water partition coefficient (Wildman–Crippen LogP) is 3.68. The van der Waals surface area contributed by atoms with Crippen LogP contribution in [0.4, 0.5) is 4.79 Å². The zero-order chi connectivity index (χ0) is 30.9. The average molecular weight is 583 g/mol. The molecule has 234 valence electrons. The third-order valence-corrected chi connectivity index (χ3v) is 5.39. The lowest BCUT2D eigenvalue weighted by molar-refractivity contribution is -0.160. The van der Waals surface area contributed by atoms with E-state index in [2.05, 4.69) is 5.32 Å². The molecule has 0 bridgehead atoms. The first kappa shape index (κ1) is 36.3. The van der Waals surface area contributed by atoms with Crippen molar-refractivity contribution < 1.29 is 42.8 Å². The number of nitrogens with one attached hydrogen (secondary N) is 1. The van der Waals surface area contributed by atoms with Crippen LogP contribution in [0.1, 0.15) is 72.4 Å². The number of benzene rings is 1. The number of hydrogen-bond acceptors (Lipinski definition) is 9. The first-order valence-corrected chi connectivity index (χ1v) is 14.1. The molecule has 2 atom stereocenters. The van der Waals surface area contributed by atoms with E-state index in [-0.39, 0.29) is 19.1 Å². The minimum Gasteiger partial charge on any atom is -0.458 e. The van der Waals surface area contributed by atoms with E-state index in [1.165, 1.54) is 0 Å². The van der Waals surface area contributed by atoms with Gasteiger partial charge in [0.1, 0.15) is 17.8 Å². The molecule has 11 heteroatoms. The van der Waals surface area contributed by atoms with E-state index in [1.807, 2.05) is 52.0 Å². The summed E-state index contributed by atoms with van der Waals surface area (Å²) in [4.78, 5) is 35.2. The van der Waals surface area contributed by atoms with Crippen LogP contribution in [0.3, 0.4) is 0 Å². The summed E-state index contributed by atoms with van der Waals surface area (Å²) >= 11 is 0. The van der Waals surface area contributed by atoms with Gasteiger partial charge in [-0.2, -0.15) is 0 Å². The number of carbonyl (C=O) groups excluding carboxylic acids is 3. The Morgan fingerprint density at radius 2 is 1.44 bits per heavy atom. The highest BCUT2D eigenvalue weighted by Crippen LogP contribution is 2.14. The molecule has 0 aliphatic heterocycles. The second-order valence-electron chi connectivity index (χ2n) is 11.7. The standard InChI is InChI=1S/C30H50N2O9/c1-22(25(11-12-26(31)33)32-28(35)41-30(5,6)7)39-20-24-10-8-9-23(19-24)13-14-36-15-16-37-17-18-38-21-27(34)40-29(2,3)4/h8-10,19,22,25H,11-18,20-21H2,1-7H3,(H2,31,33)(H,32,35)/t22-,25+/m1/s1. The van der Waals surface area contributed by atoms with Gasteiger partial charge in [-0.15, -0.1) is 0 Å². The highest BCUT2D eigenvalue weighted by Gasteiger charge is 2.24. The fraction of sp³-hybridized carbons (Fsp3) is 0.700. The average Bonchev–Trinajstić information content (AvgIpc) is 2.84. The van der Waals surface area contributed by atoms with Crippen molar-refractivity contribution in [2.45, 2.75) is 97.7 Å². The second kappa shape index (κ2) is 18.7. The van der Waals surface area contributed by atoms with Gasteiger partial charge < -0.3 is 39.5 Å². The Kier molecular flexibility index (Phi) is 16.5. The van der Waals surface area contributed by atoms with Crippen LogP contribution >= 0.6 is 0 Å². The Morgan fingerprint density at radius 1 is 0.854 bits per heavy atom. The highest BCUT2D eigenvalue weighted by atomic mass is 16.6. The molecule has 0 saturated heterocycles. The third kappa shape index (κ3) is 19.9. The van der Waals surface area contributed by atoms with E-state index in [1.54, 1.807) is 20.8 Å². The Balaban J connectivity index is 2.33. The number of alkyl carbamates (subject to hydrolysis) is 1. The van der Waals surface area contributed by atoms with Gasteiger partial charge in [-0.3, -0.25) is 4.79 Å². The molecule has 0 aliphatic carbocycles. The van der Waals surface area contributed by atoms with Gasteiger partial charge in [0.25, 0.3) is 0 Å². The topological polar surface area (TPSA) is 145 Å². The normalized spacial score (nSPS) is 13.3. The zero-order valence-electron chi connectivity index (χ0n) is 25.8. The lowest BCUT2D eigenvalue weighted by Gasteiger charge is -2.27. The van der Waals surface area contributed by atoms with Gasteiger partial charge in [-0.25, -0.2) is 9.59 Å². The number of nitrogens with two attached hydrogens (primary N) is 1. The van der Waals surface area contributed by atoms with Crippen LogP contribution in [0.25, 0.3) is 0 Å². The van der Waals surface area contributed by atoms with Gasteiger partial charge in [0.2, 0.25) is 5.91 Å². The van der Waals surface area contributed by atoms with Crippen molar-refractivity contribution in [3.8, 4) is 0 Å². The van der Waals surface area contributed by atoms with E-state index in [9.17, 15) is 14.4 Å². The summed E-state index contributed by atoms with van der Waals surface area (Å²) in [7, 11) is 0. The number of hydrogen-bond donors (Lipinski definition) is 2. The first-order valence-electron chi connectivity index (χ1n) is 14.1. The molecule has 0 heterocycles. The van der Waals surface area contributed by atoms with Crippen molar-refractivity contribution in [1.82, 2.24) is 5.32 Å². The maximum Gasteiger partial charge on any atom is 0.407 e. The number of rotatable bonds is 19. The maximum atomic E-state index is 12.3. The van der Waals surface area contributed by atoms with E-state index in [0.717, 1.165) is 17.5 Å². The summed E-state index contributed by atoms with van der Waals surface area (Å²) in [6.45, 7) is 14.9. The van der Waals surface area contributed by atoms with Gasteiger partial charge in [0.15, 0.2) is 0 Å². The molecule has 0 unspecified atom stereocenters. The van der Waals surface area contributed by atoms with Gasteiger partial charge in [0.05, 0.1) is 51.8 Å². The quantitative estimate of drug-likeness (QED) is 0.184. The van der Waals surface area contributed by atoms with Crippen LogP contribution in [-0.2, 0) is 51.0 Å².